The number of halogens is 1. The Kier molecular flexibility index (Phi) is 7.69. The number of para-hydroxylation sites is 3. The third-order valence-electron chi connectivity index (χ3n) is 4.51. The summed E-state index contributed by atoms with van der Waals surface area (Å²) in [6.07, 6.45) is 0. The first-order valence-electron chi connectivity index (χ1n) is 9.72. The van der Waals surface area contributed by atoms with Gasteiger partial charge in [-0.1, -0.05) is 35.9 Å². The predicted molar refractivity (Wildman–Crippen MR) is 125 cm³/mol. The van der Waals surface area contributed by atoms with E-state index in [0.29, 0.717) is 0 Å². The van der Waals surface area contributed by atoms with Gasteiger partial charge in [0.25, 0.3) is 23.2 Å². The molecule has 12 nitrogen and oxygen atoms in total. The lowest BCUT2D eigenvalue weighted by Crippen LogP contribution is -2.22. The Morgan fingerprint density at radius 1 is 0.829 bits per heavy atom. The summed E-state index contributed by atoms with van der Waals surface area (Å²) in [6.45, 7) is -0.749. The molecule has 3 rings (SSSR count). The Hall–Kier alpha value is -4.84. The predicted octanol–water partition coefficient (Wildman–Crippen LogP) is 4.20. The van der Waals surface area contributed by atoms with Crippen LogP contribution in [0.15, 0.2) is 66.7 Å². The summed E-state index contributed by atoms with van der Waals surface area (Å²) in [7, 11) is 0. The van der Waals surface area contributed by atoms with Crippen molar-refractivity contribution in [3.05, 3.63) is 103 Å². The van der Waals surface area contributed by atoms with Gasteiger partial charge in [-0.3, -0.25) is 29.8 Å². The first-order chi connectivity index (χ1) is 16.7. The van der Waals surface area contributed by atoms with Gasteiger partial charge in [0.15, 0.2) is 6.61 Å². The molecule has 0 aromatic heterocycles. The third kappa shape index (κ3) is 6.15. The topological polar surface area (TPSA) is 171 Å². The average molecular weight is 499 g/mol. The van der Waals surface area contributed by atoms with Crippen molar-refractivity contribution in [1.29, 1.82) is 0 Å². The van der Waals surface area contributed by atoms with E-state index in [2.05, 4.69) is 10.6 Å². The summed E-state index contributed by atoms with van der Waals surface area (Å²) >= 11 is 5.98. The molecule has 0 aliphatic heterocycles. The van der Waals surface area contributed by atoms with Crippen LogP contribution in [0.3, 0.4) is 0 Å². The van der Waals surface area contributed by atoms with Gasteiger partial charge in [-0.2, -0.15) is 0 Å². The molecule has 0 aliphatic rings. The number of nitro benzene ring substituents is 2. The fraction of sp³-hybridized carbons (Fsp3) is 0.0455. The SMILES string of the molecule is O=C(COC(=O)c1ccccc1NC(=O)c1ccc([N+](=O)[O-])cc1Cl)Nc1ccccc1[N+](=O)[O-]. The van der Waals surface area contributed by atoms with Gasteiger partial charge in [-0.05, 0) is 24.3 Å². The molecule has 2 N–H and O–H groups in total. The first kappa shape index (κ1) is 24.8. The molecule has 0 atom stereocenters. The Balaban J connectivity index is 1.68. The van der Waals surface area contributed by atoms with Gasteiger partial charge in [0, 0.05) is 18.2 Å². The van der Waals surface area contributed by atoms with Gasteiger partial charge >= 0.3 is 5.97 Å². The first-order valence-corrected chi connectivity index (χ1v) is 10.1. The fourth-order valence-electron chi connectivity index (χ4n) is 2.90. The minimum atomic E-state index is -0.951. The average Bonchev–Trinajstić information content (AvgIpc) is 2.82. The summed E-state index contributed by atoms with van der Waals surface area (Å²) < 4.78 is 4.98. The number of ether oxygens (including phenoxy) is 1. The van der Waals surface area contributed by atoms with E-state index >= 15 is 0 Å². The zero-order valence-electron chi connectivity index (χ0n) is 17.6. The lowest BCUT2D eigenvalue weighted by Gasteiger charge is -2.12. The van der Waals surface area contributed by atoms with Crippen LogP contribution in [0.5, 0.6) is 0 Å². The van der Waals surface area contributed by atoms with Crippen molar-refractivity contribution in [2.24, 2.45) is 0 Å². The van der Waals surface area contributed by atoms with E-state index in [9.17, 15) is 34.6 Å². The van der Waals surface area contributed by atoms with E-state index in [0.717, 1.165) is 12.1 Å². The van der Waals surface area contributed by atoms with E-state index in [1.54, 1.807) is 0 Å². The van der Waals surface area contributed by atoms with E-state index < -0.39 is 34.2 Å². The maximum Gasteiger partial charge on any atom is 0.340 e. The molecule has 178 valence electrons. The minimum Gasteiger partial charge on any atom is -0.452 e. The van der Waals surface area contributed by atoms with Crippen molar-refractivity contribution in [3.8, 4) is 0 Å². The molecule has 2 amide bonds. The number of nitrogens with zero attached hydrogens (tertiary/aromatic N) is 2. The maximum absolute atomic E-state index is 12.6. The van der Waals surface area contributed by atoms with Crippen LogP contribution in [0, 0.1) is 20.2 Å². The van der Waals surface area contributed by atoms with Gasteiger partial charge in [-0.15, -0.1) is 0 Å². The number of amides is 2. The second-order valence-corrected chi connectivity index (χ2v) is 7.23. The summed E-state index contributed by atoms with van der Waals surface area (Å²) in [5.74, 6) is -2.50. The smallest absolute Gasteiger partial charge is 0.340 e. The molecule has 3 aromatic rings. The van der Waals surface area contributed by atoms with Crippen LogP contribution >= 0.6 is 11.6 Å². The number of hydrogen-bond donors (Lipinski definition) is 2. The van der Waals surface area contributed by atoms with Gasteiger partial charge in [-0.25, -0.2) is 4.79 Å². The van der Waals surface area contributed by atoms with Crippen LogP contribution in [-0.4, -0.2) is 34.2 Å². The molecule has 0 fully saturated rings. The van der Waals surface area contributed by atoms with Crippen molar-refractivity contribution in [1.82, 2.24) is 0 Å². The zero-order valence-corrected chi connectivity index (χ0v) is 18.4. The minimum absolute atomic E-state index is 0.0380. The Morgan fingerprint density at radius 2 is 1.49 bits per heavy atom. The van der Waals surface area contributed by atoms with Gasteiger partial charge < -0.3 is 15.4 Å². The monoisotopic (exact) mass is 498 g/mol. The lowest BCUT2D eigenvalue weighted by molar-refractivity contribution is -0.384. The van der Waals surface area contributed by atoms with E-state index in [1.807, 2.05) is 0 Å². The number of nitro groups is 2. The number of benzene rings is 3. The molecule has 0 saturated carbocycles. The van der Waals surface area contributed by atoms with Crippen molar-refractivity contribution >= 4 is 52.1 Å². The molecule has 0 radical (unpaired) electrons. The number of esters is 1. The van der Waals surface area contributed by atoms with Crippen LogP contribution in [0.1, 0.15) is 20.7 Å². The molecule has 0 saturated heterocycles. The number of carbonyl (C=O) groups excluding carboxylic acids is 3. The van der Waals surface area contributed by atoms with Crippen LogP contribution in [0.4, 0.5) is 22.7 Å². The van der Waals surface area contributed by atoms with Crippen molar-refractivity contribution in [3.63, 3.8) is 0 Å². The largest absolute Gasteiger partial charge is 0.452 e. The molecule has 0 heterocycles. The standard InChI is InChI=1S/C22H15ClN4O8/c23-16-11-13(26(31)32)9-10-14(16)21(29)25-17-6-2-1-5-15(17)22(30)35-12-20(28)24-18-7-3-4-8-19(18)27(33)34/h1-11H,12H2,(H,24,28)(H,25,29). The molecule has 13 heteroatoms. The number of carbonyl (C=O) groups is 3. The van der Waals surface area contributed by atoms with Gasteiger partial charge in [0.05, 0.1) is 31.7 Å². The third-order valence-corrected chi connectivity index (χ3v) is 4.83. The normalized spacial score (nSPS) is 10.2. The molecule has 0 aliphatic carbocycles. The molecular formula is C22H15ClN4O8. The van der Waals surface area contributed by atoms with E-state index in [-0.39, 0.29) is 38.9 Å². The Labute approximate surface area is 201 Å². The highest BCUT2D eigenvalue weighted by molar-refractivity contribution is 6.34. The molecule has 3 aromatic carbocycles. The number of nitrogens with one attached hydrogen (secondary N) is 2. The van der Waals surface area contributed by atoms with Crippen LogP contribution in [-0.2, 0) is 9.53 Å². The fourth-order valence-corrected chi connectivity index (χ4v) is 3.16. The van der Waals surface area contributed by atoms with Crippen molar-refractivity contribution in [2.45, 2.75) is 0 Å². The Bertz CT molecular complexity index is 1340. The van der Waals surface area contributed by atoms with Crippen LogP contribution in [0.2, 0.25) is 5.02 Å². The van der Waals surface area contributed by atoms with E-state index in [4.69, 9.17) is 16.3 Å². The Morgan fingerprint density at radius 3 is 2.14 bits per heavy atom. The van der Waals surface area contributed by atoms with E-state index in [1.165, 1.54) is 54.6 Å². The molecular weight excluding hydrogens is 484 g/mol. The molecule has 0 spiro atoms. The van der Waals surface area contributed by atoms with Crippen LogP contribution < -0.4 is 10.6 Å². The summed E-state index contributed by atoms with van der Waals surface area (Å²) in [5.41, 5.74) is -0.802. The number of non-ortho nitro benzene ring substituents is 1. The highest BCUT2D eigenvalue weighted by Crippen LogP contribution is 2.25. The van der Waals surface area contributed by atoms with Crippen molar-refractivity contribution in [2.75, 3.05) is 17.2 Å². The maximum atomic E-state index is 12.6. The second-order valence-electron chi connectivity index (χ2n) is 6.82. The quantitative estimate of drug-likeness (QED) is 0.264. The van der Waals surface area contributed by atoms with Crippen molar-refractivity contribution < 1.29 is 29.0 Å². The molecule has 0 bridgehead atoms. The van der Waals surface area contributed by atoms with Gasteiger partial charge in [0.2, 0.25) is 0 Å². The second kappa shape index (κ2) is 10.9. The summed E-state index contributed by atoms with van der Waals surface area (Å²) in [4.78, 5) is 57.8. The highest BCUT2D eigenvalue weighted by atomic mass is 35.5. The molecule has 0 unspecified atom stereocenters. The summed E-state index contributed by atoms with van der Waals surface area (Å²) in [5, 5.41) is 26.5. The summed E-state index contributed by atoms with van der Waals surface area (Å²) in [6, 6.07) is 14.5. The highest BCUT2D eigenvalue weighted by Gasteiger charge is 2.20. The number of hydrogen-bond acceptors (Lipinski definition) is 8. The number of anilines is 2. The van der Waals surface area contributed by atoms with Crippen LogP contribution in [0.25, 0.3) is 0 Å². The lowest BCUT2D eigenvalue weighted by atomic mass is 10.1. The molecule has 35 heavy (non-hydrogen) atoms. The zero-order chi connectivity index (χ0) is 25.5. The number of rotatable bonds is 8. The van der Waals surface area contributed by atoms with Gasteiger partial charge in [0.1, 0.15) is 5.69 Å².